The van der Waals surface area contributed by atoms with Gasteiger partial charge in [-0.05, 0) is 38.5 Å². The molecule has 2 fully saturated rings. The van der Waals surface area contributed by atoms with Gasteiger partial charge < -0.3 is 0 Å². The lowest BCUT2D eigenvalue weighted by Crippen LogP contribution is -2.42. The number of hydrogen-bond acceptors (Lipinski definition) is 4. The first-order valence-electron chi connectivity index (χ1n) is 7.73. The minimum Gasteiger partial charge on any atom is -0.273 e. The van der Waals surface area contributed by atoms with Crippen LogP contribution in [0.3, 0.4) is 0 Å². The van der Waals surface area contributed by atoms with E-state index in [0.29, 0.717) is 12.8 Å². The molecule has 2 rings (SSSR count). The Morgan fingerprint density at radius 2 is 1.00 bits per heavy atom. The Bertz CT molecular complexity index is 416. The minimum atomic E-state index is -0.267. The first-order chi connectivity index (χ1) is 10.6. The van der Waals surface area contributed by atoms with Crippen LogP contribution in [0.2, 0.25) is 0 Å². The first-order valence-corrected chi connectivity index (χ1v) is 7.73. The van der Waals surface area contributed by atoms with Gasteiger partial charge >= 0.3 is 0 Å². The largest absolute Gasteiger partial charge is 0.273 e. The van der Waals surface area contributed by atoms with E-state index in [9.17, 15) is 19.2 Å². The second kappa shape index (κ2) is 7.77. The molecule has 0 radical (unpaired) electrons. The molecular weight excluding hydrogens is 288 g/mol. The molecule has 0 aromatic heterocycles. The van der Waals surface area contributed by atoms with E-state index in [1.807, 2.05) is 0 Å². The van der Waals surface area contributed by atoms with Gasteiger partial charge in [0, 0.05) is 24.7 Å². The third-order valence-electron chi connectivity index (χ3n) is 3.60. The van der Waals surface area contributed by atoms with Gasteiger partial charge in [0.05, 0.1) is 0 Å². The molecule has 0 atom stereocenters. The predicted octanol–water partition coefficient (Wildman–Crippen LogP) is -0.338. The highest BCUT2D eigenvalue weighted by molar-refractivity contribution is 5.85. The molecule has 0 unspecified atom stereocenters. The molecule has 2 saturated carbocycles. The van der Waals surface area contributed by atoms with Gasteiger partial charge in [0.1, 0.15) is 0 Å². The highest BCUT2D eigenvalue weighted by Gasteiger charge is 2.30. The average molecular weight is 310 g/mol. The van der Waals surface area contributed by atoms with E-state index in [2.05, 4.69) is 21.7 Å². The van der Waals surface area contributed by atoms with Crippen LogP contribution in [0.1, 0.15) is 51.4 Å². The van der Waals surface area contributed by atoms with Crippen molar-refractivity contribution in [2.75, 3.05) is 0 Å². The van der Waals surface area contributed by atoms with Gasteiger partial charge in [-0.25, -0.2) is 0 Å². The van der Waals surface area contributed by atoms with Gasteiger partial charge in [0.2, 0.25) is 23.6 Å². The van der Waals surface area contributed by atoms with Crippen molar-refractivity contribution in [3.63, 3.8) is 0 Å². The van der Waals surface area contributed by atoms with Gasteiger partial charge in [0.25, 0.3) is 0 Å². The van der Waals surface area contributed by atoms with Crippen molar-refractivity contribution < 1.29 is 19.2 Å². The molecule has 22 heavy (non-hydrogen) atoms. The normalized spacial score (nSPS) is 16.5. The van der Waals surface area contributed by atoms with Crippen LogP contribution in [0.5, 0.6) is 0 Å². The van der Waals surface area contributed by atoms with Crippen LogP contribution < -0.4 is 21.7 Å². The third-order valence-corrected chi connectivity index (χ3v) is 3.60. The summed E-state index contributed by atoms with van der Waals surface area (Å²) >= 11 is 0. The average Bonchev–Trinajstić information content (AvgIpc) is 3.38. The summed E-state index contributed by atoms with van der Waals surface area (Å²) in [6.45, 7) is 0. The van der Waals surface area contributed by atoms with Gasteiger partial charge in [-0.15, -0.1) is 0 Å². The van der Waals surface area contributed by atoms with Crippen molar-refractivity contribution in [1.29, 1.82) is 0 Å². The van der Waals surface area contributed by atoms with Gasteiger partial charge in [0.15, 0.2) is 0 Å². The number of unbranched alkanes of at least 4 members (excludes halogenated alkanes) is 1. The predicted molar refractivity (Wildman–Crippen MR) is 76.5 cm³/mol. The molecule has 0 aliphatic heterocycles. The Kier molecular flexibility index (Phi) is 5.74. The minimum absolute atomic E-state index is 0.0508. The molecule has 122 valence electrons. The van der Waals surface area contributed by atoms with Crippen molar-refractivity contribution in [2.45, 2.75) is 51.4 Å². The molecule has 2 aliphatic rings. The highest BCUT2D eigenvalue weighted by Crippen LogP contribution is 2.28. The first kappa shape index (κ1) is 16.3. The van der Waals surface area contributed by atoms with Crippen molar-refractivity contribution in [2.24, 2.45) is 11.8 Å². The van der Waals surface area contributed by atoms with E-state index in [4.69, 9.17) is 0 Å². The molecule has 0 bridgehead atoms. The zero-order valence-electron chi connectivity index (χ0n) is 12.4. The van der Waals surface area contributed by atoms with Crippen molar-refractivity contribution in [3.05, 3.63) is 0 Å². The Morgan fingerprint density at radius 3 is 1.32 bits per heavy atom. The zero-order chi connectivity index (χ0) is 15.9. The second-order valence-electron chi connectivity index (χ2n) is 5.83. The number of nitrogens with one attached hydrogen (secondary N) is 4. The molecule has 0 aromatic carbocycles. The van der Waals surface area contributed by atoms with E-state index >= 15 is 0 Å². The quantitative estimate of drug-likeness (QED) is 0.380. The fraction of sp³-hybridized carbons (Fsp3) is 0.714. The summed E-state index contributed by atoms with van der Waals surface area (Å²) in [6.07, 6.45) is 5.09. The molecule has 2 aliphatic carbocycles. The summed E-state index contributed by atoms with van der Waals surface area (Å²) in [5.41, 5.74) is 9.47. The number of rotatable bonds is 7. The molecule has 4 amide bonds. The number of amides is 4. The summed E-state index contributed by atoms with van der Waals surface area (Å²) in [4.78, 5) is 45.5. The lowest BCUT2D eigenvalue weighted by Gasteiger charge is -2.07. The lowest BCUT2D eigenvalue weighted by atomic mass is 10.2. The Morgan fingerprint density at radius 1 is 0.636 bits per heavy atom. The van der Waals surface area contributed by atoms with Crippen LogP contribution in [0.25, 0.3) is 0 Å². The maximum atomic E-state index is 11.4. The topological polar surface area (TPSA) is 116 Å². The number of hydrogen-bond donors (Lipinski definition) is 4. The van der Waals surface area contributed by atoms with Gasteiger partial charge in [-0.3, -0.25) is 40.9 Å². The SMILES string of the molecule is O=C(CCCCC(=O)NNC(=O)C1CC1)NNC(=O)C1CC1. The summed E-state index contributed by atoms with van der Waals surface area (Å²) in [5.74, 6) is -0.712. The molecule has 0 saturated heterocycles. The molecule has 0 aromatic rings. The maximum Gasteiger partial charge on any atom is 0.241 e. The Hall–Kier alpha value is -2.12. The summed E-state index contributed by atoms with van der Waals surface area (Å²) in [7, 11) is 0. The number of carbonyl (C=O) groups is 4. The summed E-state index contributed by atoms with van der Waals surface area (Å²) in [5, 5.41) is 0. The van der Waals surface area contributed by atoms with Crippen LogP contribution in [-0.2, 0) is 19.2 Å². The van der Waals surface area contributed by atoms with E-state index < -0.39 is 0 Å². The molecule has 8 nitrogen and oxygen atoms in total. The van der Waals surface area contributed by atoms with Crippen LogP contribution in [0.15, 0.2) is 0 Å². The van der Waals surface area contributed by atoms with Crippen molar-refractivity contribution in [1.82, 2.24) is 21.7 Å². The summed E-state index contributed by atoms with van der Waals surface area (Å²) in [6, 6.07) is 0. The zero-order valence-corrected chi connectivity index (χ0v) is 12.4. The third kappa shape index (κ3) is 6.11. The van der Waals surface area contributed by atoms with Crippen LogP contribution in [0, 0.1) is 11.8 Å². The van der Waals surface area contributed by atoms with Crippen LogP contribution >= 0.6 is 0 Å². The van der Waals surface area contributed by atoms with Crippen molar-refractivity contribution >= 4 is 23.6 Å². The number of carbonyl (C=O) groups excluding carboxylic acids is 4. The Balaban J connectivity index is 1.43. The molecule has 4 N–H and O–H groups in total. The summed E-state index contributed by atoms with van der Waals surface area (Å²) < 4.78 is 0. The molecule has 0 heterocycles. The molecule has 0 spiro atoms. The van der Waals surface area contributed by atoms with Crippen LogP contribution in [0.4, 0.5) is 0 Å². The fourth-order valence-electron chi connectivity index (χ4n) is 1.85. The monoisotopic (exact) mass is 310 g/mol. The maximum absolute atomic E-state index is 11.4. The highest BCUT2D eigenvalue weighted by atomic mass is 16.2. The van der Waals surface area contributed by atoms with E-state index in [0.717, 1.165) is 25.7 Å². The second-order valence-corrected chi connectivity index (χ2v) is 5.83. The van der Waals surface area contributed by atoms with Gasteiger partial charge in [-0.1, -0.05) is 0 Å². The van der Waals surface area contributed by atoms with Crippen molar-refractivity contribution in [3.8, 4) is 0 Å². The van der Waals surface area contributed by atoms with E-state index in [1.165, 1.54) is 0 Å². The number of hydrazine groups is 2. The van der Waals surface area contributed by atoms with Crippen LogP contribution in [-0.4, -0.2) is 23.6 Å². The smallest absolute Gasteiger partial charge is 0.241 e. The fourth-order valence-corrected chi connectivity index (χ4v) is 1.85. The molecule has 8 heteroatoms. The Labute approximate surface area is 128 Å². The van der Waals surface area contributed by atoms with E-state index in [-0.39, 0.29) is 48.3 Å². The molecular formula is C14H22N4O4. The van der Waals surface area contributed by atoms with E-state index in [1.54, 1.807) is 0 Å². The lowest BCUT2D eigenvalue weighted by molar-refractivity contribution is -0.130. The van der Waals surface area contributed by atoms with Gasteiger partial charge in [-0.2, -0.15) is 0 Å². The standard InChI is InChI=1S/C14H22N4O4/c19-11(15-17-13(21)9-5-6-9)3-1-2-4-12(20)16-18-14(22)10-7-8-10/h9-10H,1-8H2,(H,15,19)(H,16,20)(H,17,21)(H,18,22).